The summed E-state index contributed by atoms with van der Waals surface area (Å²) in [4.78, 5) is 12.3. The van der Waals surface area contributed by atoms with Crippen LogP contribution in [0.15, 0.2) is 24.3 Å². The Hall–Kier alpha value is -1.51. The van der Waals surface area contributed by atoms with E-state index in [-0.39, 0.29) is 11.4 Å². The number of nitrogens with zero attached hydrogens (tertiary/aromatic N) is 2. The molecule has 0 unspecified atom stereocenters. The maximum atomic E-state index is 11.9. The molecule has 22 heavy (non-hydrogen) atoms. The van der Waals surface area contributed by atoms with Gasteiger partial charge in [-0.2, -0.15) is 0 Å². The Labute approximate surface area is 131 Å². The summed E-state index contributed by atoms with van der Waals surface area (Å²) in [7, 11) is -3.42. The van der Waals surface area contributed by atoms with Crippen LogP contribution < -0.4 is 4.72 Å². The van der Waals surface area contributed by atoms with E-state index in [2.05, 4.69) is 23.5 Å². The standard InChI is InChI=1S/C14H23N3O4S/c1-3-16(4-2)11-5-10-15-22(20,21)12-13-6-8-14(9-7-13)17(18)19/h6-9,15H,3-5,10-12H2,1-2H3. The highest BCUT2D eigenvalue weighted by atomic mass is 32.2. The average Bonchev–Trinajstić information content (AvgIpc) is 2.47. The van der Waals surface area contributed by atoms with Crippen LogP contribution in [0.2, 0.25) is 0 Å². The zero-order valence-electron chi connectivity index (χ0n) is 13.0. The van der Waals surface area contributed by atoms with Crippen LogP contribution in [0.5, 0.6) is 0 Å². The fourth-order valence-electron chi connectivity index (χ4n) is 2.05. The van der Waals surface area contributed by atoms with Crippen molar-refractivity contribution in [2.45, 2.75) is 26.0 Å². The van der Waals surface area contributed by atoms with Crippen molar-refractivity contribution < 1.29 is 13.3 Å². The summed E-state index contributed by atoms with van der Waals surface area (Å²) in [6, 6.07) is 5.55. The molecule has 0 fully saturated rings. The minimum atomic E-state index is -3.42. The molecule has 0 aliphatic heterocycles. The minimum Gasteiger partial charge on any atom is -0.304 e. The molecule has 7 nitrogen and oxygen atoms in total. The zero-order chi connectivity index (χ0) is 16.6. The highest BCUT2D eigenvalue weighted by molar-refractivity contribution is 7.88. The first-order valence-electron chi connectivity index (χ1n) is 7.31. The van der Waals surface area contributed by atoms with Crippen LogP contribution in [0.4, 0.5) is 5.69 Å². The Balaban J connectivity index is 2.45. The van der Waals surface area contributed by atoms with E-state index in [1.807, 2.05) is 0 Å². The fourth-order valence-corrected chi connectivity index (χ4v) is 3.24. The lowest BCUT2D eigenvalue weighted by Gasteiger charge is -2.17. The largest absolute Gasteiger partial charge is 0.304 e. The summed E-state index contributed by atoms with van der Waals surface area (Å²) in [5, 5.41) is 10.5. The molecule has 1 aromatic rings. The van der Waals surface area contributed by atoms with E-state index in [0.717, 1.165) is 26.1 Å². The highest BCUT2D eigenvalue weighted by Gasteiger charge is 2.12. The third-order valence-corrected chi connectivity index (χ3v) is 4.73. The molecule has 1 N–H and O–H groups in total. The second kappa shape index (κ2) is 8.82. The lowest BCUT2D eigenvalue weighted by Crippen LogP contribution is -2.30. The summed E-state index contributed by atoms with van der Waals surface area (Å²) in [5.74, 6) is -0.170. The van der Waals surface area contributed by atoms with E-state index < -0.39 is 14.9 Å². The number of nitro groups is 1. The van der Waals surface area contributed by atoms with Gasteiger partial charge in [-0.15, -0.1) is 0 Å². The quantitative estimate of drug-likeness (QED) is 0.401. The molecular weight excluding hydrogens is 306 g/mol. The van der Waals surface area contributed by atoms with E-state index >= 15 is 0 Å². The van der Waals surface area contributed by atoms with Gasteiger partial charge in [-0.1, -0.05) is 26.0 Å². The second-order valence-corrected chi connectivity index (χ2v) is 6.76. The van der Waals surface area contributed by atoms with Crippen molar-refractivity contribution in [3.05, 3.63) is 39.9 Å². The molecule has 8 heteroatoms. The summed E-state index contributed by atoms with van der Waals surface area (Å²) in [6.07, 6.45) is 0.751. The third kappa shape index (κ3) is 6.50. The summed E-state index contributed by atoms with van der Waals surface area (Å²) in [6.45, 7) is 7.29. The Morgan fingerprint density at radius 3 is 2.27 bits per heavy atom. The van der Waals surface area contributed by atoms with Gasteiger partial charge in [0, 0.05) is 18.7 Å². The van der Waals surface area contributed by atoms with Gasteiger partial charge in [0.2, 0.25) is 10.0 Å². The van der Waals surface area contributed by atoms with Crippen molar-refractivity contribution in [3.8, 4) is 0 Å². The molecule has 1 rings (SSSR count). The van der Waals surface area contributed by atoms with Crippen LogP contribution in [-0.4, -0.2) is 44.4 Å². The van der Waals surface area contributed by atoms with Crippen molar-refractivity contribution in [2.75, 3.05) is 26.2 Å². The molecule has 0 spiro atoms. The lowest BCUT2D eigenvalue weighted by molar-refractivity contribution is -0.384. The summed E-state index contributed by atoms with van der Waals surface area (Å²) in [5.41, 5.74) is 0.482. The Kier molecular flexibility index (Phi) is 7.43. The average molecular weight is 329 g/mol. The molecule has 124 valence electrons. The molecule has 0 saturated carbocycles. The molecule has 0 amide bonds. The number of sulfonamides is 1. The van der Waals surface area contributed by atoms with Crippen molar-refractivity contribution >= 4 is 15.7 Å². The molecule has 0 aliphatic carbocycles. The fraction of sp³-hybridized carbons (Fsp3) is 0.571. The van der Waals surface area contributed by atoms with E-state index in [4.69, 9.17) is 0 Å². The van der Waals surface area contributed by atoms with Crippen molar-refractivity contribution in [2.24, 2.45) is 0 Å². The first-order valence-corrected chi connectivity index (χ1v) is 8.96. The third-order valence-electron chi connectivity index (χ3n) is 3.37. The molecule has 0 aromatic heterocycles. The van der Waals surface area contributed by atoms with E-state index in [1.54, 1.807) is 0 Å². The SMILES string of the molecule is CCN(CC)CCCNS(=O)(=O)Cc1ccc([N+](=O)[O-])cc1. The van der Waals surface area contributed by atoms with Gasteiger partial charge in [0.05, 0.1) is 10.7 Å². The van der Waals surface area contributed by atoms with Crippen LogP contribution in [0.1, 0.15) is 25.8 Å². The molecule has 0 radical (unpaired) electrons. The maximum Gasteiger partial charge on any atom is 0.269 e. The predicted molar refractivity (Wildman–Crippen MR) is 86.1 cm³/mol. The minimum absolute atomic E-state index is 0.0478. The van der Waals surface area contributed by atoms with E-state index in [9.17, 15) is 18.5 Å². The van der Waals surface area contributed by atoms with Gasteiger partial charge in [0.1, 0.15) is 0 Å². The van der Waals surface area contributed by atoms with Crippen molar-refractivity contribution in [1.29, 1.82) is 0 Å². The van der Waals surface area contributed by atoms with Gasteiger partial charge < -0.3 is 4.90 Å². The lowest BCUT2D eigenvalue weighted by atomic mass is 10.2. The van der Waals surface area contributed by atoms with E-state index in [0.29, 0.717) is 12.1 Å². The number of nitro benzene ring substituents is 1. The second-order valence-electron chi connectivity index (χ2n) is 4.96. The number of rotatable bonds is 10. The van der Waals surface area contributed by atoms with Gasteiger partial charge >= 0.3 is 0 Å². The monoisotopic (exact) mass is 329 g/mol. The first kappa shape index (κ1) is 18.5. The van der Waals surface area contributed by atoms with Crippen LogP contribution in [0.25, 0.3) is 0 Å². The van der Waals surface area contributed by atoms with Gasteiger partial charge in [-0.3, -0.25) is 10.1 Å². The topological polar surface area (TPSA) is 92.6 Å². The van der Waals surface area contributed by atoms with Gasteiger partial charge in [0.25, 0.3) is 5.69 Å². The van der Waals surface area contributed by atoms with E-state index in [1.165, 1.54) is 24.3 Å². The number of nitrogens with one attached hydrogen (secondary N) is 1. The number of non-ortho nitro benzene ring substituents is 1. The first-order chi connectivity index (χ1) is 10.4. The Morgan fingerprint density at radius 1 is 1.18 bits per heavy atom. The normalized spacial score (nSPS) is 11.8. The highest BCUT2D eigenvalue weighted by Crippen LogP contribution is 2.13. The van der Waals surface area contributed by atoms with Crippen LogP contribution in [0, 0.1) is 10.1 Å². The molecule has 0 saturated heterocycles. The molecule has 0 aliphatic rings. The van der Waals surface area contributed by atoms with Gasteiger partial charge in [0.15, 0.2) is 0 Å². The molecule has 0 bridgehead atoms. The Morgan fingerprint density at radius 2 is 1.77 bits per heavy atom. The molecule has 0 atom stereocenters. The van der Waals surface area contributed by atoms with Crippen LogP contribution in [-0.2, 0) is 15.8 Å². The number of benzene rings is 1. The molecule has 1 aromatic carbocycles. The van der Waals surface area contributed by atoms with Crippen molar-refractivity contribution in [3.63, 3.8) is 0 Å². The summed E-state index contributed by atoms with van der Waals surface area (Å²) >= 11 is 0. The zero-order valence-corrected chi connectivity index (χ0v) is 13.8. The maximum absolute atomic E-state index is 11.9. The van der Waals surface area contributed by atoms with Crippen LogP contribution in [0.3, 0.4) is 0 Å². The van der Waals surface area contributed by atoms with Crippen LogP contribution >= 0.6 is 0 Å². The number of hydrogen-bond acceptors (Lipinski definition) is 5. The van der Waals surface area contributed by atoms with Gasteiger partial charge in [-0.25, -0.2) is 13.1 Å². The molecular formula is C14H23N3O4S. The summed E-state index contributed by atoms with van der Waals surface area (Å²) < 4.78 is 26.4. The van der Waals surface area contributed by atoms with Gasteiger partial charge in [-0.05, 0) is 31.6 Å². The smallest absolute Gasteiger partial charge is 0.269 e. The van der Waals surface area contributed by atoms with Crippen molar-refractivity contribution in [1.82, 2.24) is 9.62 Å². The number of hydrogen-bond donors (Lipinski definition) is 1. The molecule has 0 heterocycles. The predicted octanol–water partition coefficient (Wildman–Crippen LogP) is 1.75. The Bertz CT molecular complexity index is 568.